The van der Waals surface area contributed by atoms with E-state index in [9.17, 15) is 9.59 Å². The van der Waals surface area contributed by atoms with Gasteiger partial charge in [-0.05, 0) is 31.5 Å². The standard InChI is InChI=1S/C13H16ClNO4/c1-8(3-6-12(16)17)15-13(18)10-7-9(14)4-5-11(10)19-2/h4-5,7-8H,3,6H2,1-2H3,(H,15,18)(H,16,17). The number of halogens is 1. The van der Waals surface area contributed by atoms with Crippen molar-refractivity contribution in [1.29, 1.82) is 0 Å². The zero-order valence-corrected chi connectivity index (χ0v) is 11.5. The van der Waals surface area contributed by atoms with E-state index < -0.39 is 5.97 Å². The summed E-state index contributed by atoms with van der Waals surface area (Å²) in [5.74, 6) is -0.800. The number of carboxylic acids is 1. The highest BCUT2D eigenvalue weighted by Crippen LogP contribution is 2.22. The zero-order chi connectivity index (χ0) is 14.4. The number of carbonyl (C=O) groups is 2. The van der Waals surface area contributed by atoms with E-state index >= 15 is 0 Å². The van der Waals surface area contributed by atoms with Crippen molar-refractivity contribution in [2.45, 2.75) is 25.8 Å². The lowest BCUT2D eigenvalue weighted by molar-refractivity contribution is -0.137. The molecule has 0 spiro atoms. The van der Waals surface area contributed by atoms with Crippen LogP contribution in [0, 0.1) is 0 Å². The number of carbonyl (C=O) groups excluding carboxylic acids is 1. The predicted octanol–water partition coefficient (Wildman–Crippen LogP) is 2.33. The fraction of sp³-hybridized carbons (Fsp3) is 0.385. The molecule has 1 rings (SSSR count). The van der Waals surface area contributed by atoms with E-state index in [-0.39, 0.29) is 18.4 Å². The molecule has 1 unspecified atom stereocenters. The van der Waals surface area contributed by atoms with Gasteiger partial charge in [0.1, 0.15) is 5.75 Å². The molecule has 1 aromatic carbocycles. The molecule has 0 aliphatic carbocycles. The number of ether oxygens (including phenoxy) is 1. The van der Waals surface area contributed by atoms with E-state index in [0.29, 0.717) is 22.8 Å². The molecule has 19 heavy (non-hydrogen) atoms. The van der Waals surface area contributed by atoms with Crippen LogP contribution in [0.2, 0.25) is 5.02 Å². The molecule has 0 saturated heterocycles. The molecule has 1 aromatic rings. The Labute approximate surface area is 116 Å². The Morgan fingerprint density at radius 1 is 1.47 bits per heavy atom. The average Bonchev–Trinajstić information content (AvgIpc) is 2.36. The van der Waals surface area contributed by atoms with Gasteiger partial charge in [0, 0.05) is 17.5 Å². The van der Waals surface area contributed by atoms with E-state index in [0.717, 1.165) is 0 Å². The monoisotopic (exact) mass is 285 g/mol. The fourth-order valence-corrected chi connectivity index (χ4v) is 1.74. The minimum atomic E-state index is -0.888. The minimum Gasteiger partial charge on any atom is -0.496 e. The first-order chi connectivity index (χ1) is 8.93. The van der Waals surface area contributed by atoms with Crippen LogP contribution in [0.1, 0.15) is 30.1 Å². The maximum Gasteiger partial charge on any atom is 0.303 e. The maximum atomic E-state index is 12.0. The Morgan fingerprint density at radius 2 is 2.16 bits per heavy atom. The first-order valence-electron chi connectivity index (χ1n) is 5.80. The SMILES string of the molecule is COc1ccc(Cl)cc1C(=O)NC(C)CCC(=O)O. The number of hydrogen-bond donors (Lipinski definition) is 2. The molecule has 1 amide bonds. The molecule has 104 valence electrons. The lowest BCUT2D eigenvalue weighted by Gasteiger charge is -2.14. The van der Waals surface area contributed by atoms with Crippen molar-refractivity contribution in [3.8, 4) is 5.75 Å². The number of rotatable bonds is 6. The van der Waals surface area contributed by atoms with Gasteiger partial charge in [0.05, 0.1) is 12.7 Å². The first-order valence-corrected chi connectivity index (χ1v) is 6.18. The predicted molar refractivity (Wildman–Crippen MR) is 71.8 cm³/mol. The van der Waals surface area contributed by atoms with Gasteiger partial charge in [-0.15, -0.1) is 0 Å². The molecule has 0 aromatic heterocycles. The maximum absolute atomic E-state index is 12.0. The van der Waals surface area contributed by atoms with Gasteiger partial charge in [0.2, 0.25) is 0 Å². The van der Waals surface area contributed by atoms with E-state index in [1.165, 1.54) is 13.2 Å². The van der Waals surface area contributed by atoms with Crippen molar-refractivity contribution < 1.29 is 19.4 Å². The highest BCUT2D eigenvalue weighted by Gasteiger charge is 2.15. The largest absolute Gasteiger partial charge is 0.496 e. The summed E-state index contributed by atoms with van der Waals surface area (Å²) >= 11 is 5.84. The average molecular weight is 286 g/mol. The number of amides is 1. The van der Waals surface area contributed by atoms with E-state index in [4.69, 9.17) is 21.4 Å². The van der Waals surface area contributed by atoms with E-state index in [1.807, 2.05) is 0 Å². The van der Waals surface area contributed by atoms with Crippen LogP contribution >= 0.6 is 11.6 Å². The van der Waals surface area contributed by atoms with Crippen molar-refractivity contribution in [1.82, 2.24) is 5.32 Å². The highest BCUT2D eigenvalue weighted by atomic mass is 35.5. The van der Waals surface area contributed by atoms with Gasteiger partial charge in [-0.3, -0.25) is 9.59 Å². The van der Waals surface area contributed by atoms with Crippen LogP contribution in [-0.4, -0.2) is 30.1 Å². The summed E-state index contributed by atoms with van der Waals surface area (Å²) in [6, 6.07) is 4.51. The van der Waals surface area contributed by atoms with Crippen LogP contribution < -0.4 is 10.1 Å². The molecule has 0 radical (unpaired) electrons. The second-order valence-corrected chi connectivity index (χ2v) is 4.59. The highest BCUT2D eigenvalue weighted by molar-refractivity contribution is 6.31. The molecule has 0 aliphatic heterocycles. The topological polar surface area (TPSA) is 75.6 Å². The number of aliphatic carboxylic acids is 1. The molecular weight excluding hydrogens is 270 g/mol. The Hall–Kier alpha value is -1.75. The van der Waals surface area contributed by atoms with Crippen LogP contribution in [0.3, 0.4) is 0 Å². The number of benzene rings is 1. The lowest BCUT2D eigenvalue weighted by Crippen LogP contribution is -2.33. The third-order valence-corrected chi connectivity index (χ3v) is 2.81. The molecule has 1 atom stereocenters. The molecule has 0 aliphatic rings. The van der Waals surface area contributed by atoms with Gasteiger partial charge in [-0.1, -0.05) is 11.6 Å². The summed E-state index contributed by atoms with van der Waals surface area (Å²) in [6.45, 7) is 1.75. The van der Waals surface area contributed by atoms with Crippen molar-refractivity contribution in [2.75, 3.05) is 7.11 Å². The summed E-state index contributed by atoms with van der Waals surface area (Å²) in [6.07, 6.45) is 0.373. The number of hydrogen-bond acceptors (Lipinski definition) is 3. The fourth-order valence-electron chi connectivity index (χ4n) is 1.57. The third-order valence-electron chi connectivity index (χ3n) is 2.57. The van der Waals surface area contributed by atoms with Crippen molar-refractivity contribution in [3.63, 3.8) is 0 Å². The van der Waals surface area contributed by atoms with Crippen LogP contribution in [0.5, 0.6) is 5.75 Å². The quantitative estimate of drug-likeness (QED) is 0.841. The van der Waals surface area contributed by atoms with Gasteiger partial charge in [0.25, 0.3) is 5.91 Å². The van der Waals surface area contributed by atoms with Crippen molar-refractivity contribution in [3.05, 3.63) is 28.8 Å². The summed E-state index contributed by atoms with van der Waals surface area (Å²) in [7, 11) is 1.47. The van der Waals surface area contributed by atoms with Crippen LogP contribution in [0.4, 0.5) is 0 Å². The van der Waals surface area contributed by atoms with Gasteiger partial charge in [0.15, 0.2) is 0 Å². The smallest absolute Gasteiger partial charge is 0.303 e. The van der Waals surface area contributed by atoms with E-state index in [1.54, 1.807) is 19.1 Å². The molecule has 0 fully saturated rings. The molecular formula is C13H16ClNO4. The van der Waals surface area contributed by atoms with Crippen LogP contribution in [0.15, 0.2) is 18.2 Å². The number of carboxylic acid groups (broad SMARTS) is 1. The van der Waals surface area contributed by atoms with Gasteiger partial charge >= 0.3 is 5.97 Å². The Kier molecular flexibility index (Phi) is 5.63. The first kappa shape index (κ1) is 15.3. The van der Waals surface area contributed by atoms with E-state index in [2.05, 4.69) is 5.32 Å². The van der Waals surface area contributed by atoms with Crippen molar-refractivity contribution in [2.24, 2.45) is 0 Å². The van der Waals surface area contributed by atoms with Crippen molar-refractivity contribution >= 4 is 23.5 Å². The molecule has 0 bridgehead atoms. The molecule has 2 N–H and O–H groups in total. The Bertz CT molecular complexity index is 476. The Balaban J connectivity index is 2.72. The van der Waals surface area contributed by atoms with Gasteiger partial charge in [-0.25, -0.2) is 0 Å². The van der Waals surface area contributed by atoms with Gasteiger partial charge in [-0.2, -0.15) is 0 Å². The molecule has 6 heteroatoms. The second kappa shape index (κ2) is 6.99. The zero-order valence-electron chi connectivity index (χ0n) is 10.8. The summed E-state index contributed by atoms with van der Waals surface area (Å²) < 4.78 is 5.09. The minimum absolute atomic E-state index is 0.00806. The number of nitrogens with one attached hydrogen (secondary N) is 1. The van der Waals surface area contributed by atoms with Crippen LogP contribution in [-0.2, 0) is 4.79 Å². The number of methoxy groups -OCH3 is 1. The van der Waals surface area contributed by atoms with Gasteiger partial charge < -0.3 is 15.2 Å². The summed E-state index contributed by atoms with van der Waals surface area (Å²) in [5, 5.41) is 11.7. The second-order valence-electron chi connectivity index (χ2n) is 4.15. The normalized spacial score (nSPS) is 11.7. The Morgan fingerprint density at radius 3 is 2.74 bits per heavy atom. The third kappa shape index (κ3) is 4.79. The summed E-state index contributed by atoms with van der Waals surface area (Å²) in [5.41, 5.74) is 0.331. The van der Waals surface area contributed by atoms with Crippen LogP contribution in [0.25, 0.3) is 0 Å². The summed E-state index contributed by atoms with van der Waals surface area (Å²) in [4.78, 5) is 22.5. The molecule has 0 heterocycles. The molecule has 5 nitrogen and oxygen atoms in total. The lowest BCUT2D eigenvalue weighted by atomic mass is 10.1. The molecule has 0 saturated carbocycles.